The van der Waals surface area contributed by atoms with Crippen molar-refractivity contribution in [3.8, 4) is 0 Å². The number of hydrogen-bond acceptors (Lipinski definition) is 3. The Balaban J connectivity index is 1.70. The van der Waals surface area contributed by atoms with Crippen molar-refractivity contribution in [2.75, 3.05) is 32.1 Å². The number of nitrogens with zero attached hydrogens (tertiary/aromatic N) is 3. The summed E-state index contributed by atoms with van der Waals surface area (Å²) in [5.41, 5.74) is 2.94. The summed E-state index contributed by atoms with van der Waals surface area (Å²) in [5, 5.41) is 7.07. The maximum absolute atomic E-state index is 12.8. The molecule has 0 saturated carbocycles. The highest BCUT2D eigenvalue weighted by Crippen LogP contribution is 2.28. The molecule has 0 unspecified atom stereocenters. The Morgan fingerprint density at radius 3 is 2.59 bits per heavy atom. The van der Waals surface area contributed by atoms with Crippen LogP contribution in [-0.2, 0) is 0 Å². The van der Waals surface area contributed by atoms with Crippen LogP contribution in [0.3, 0.4) is 0 Å². The molecule has 1 aromatic heterocycles. The first-order valence-electron chi connectivity index (χ1n) is 7.71. The van der Waals surface area contributed by atoms with Gasteiger partial charge in [0, 0.05) is 50.7 Å². The fourth-order valence-electron chi connectivity index (χ4n) is 3.10. The van der Waals surface area contributed by atoms with Crippen molar-refractivity contribution in [2.24, 2.45) is 0 Å². The normalized spacial score (nSPS) is 15.8. The molecule has 1 aliphatic heterocycles. The molecule has 0 spiro atoms. The Morgan fingerprint density at radius 1 is 1.23 bits per heavy atom. The van der Waals surface area contributed by atoms with Gasteiger partial charge < -0.3 is 9.80 Å². The summed E-state index contributed by atoms with van der Waals surface area (Å²) in [5.74, 6) is 0.614. The number of H-pyrrole nitrogens is 1. The number of amides is 1. The minimum absolute atomic E-state index is 0.132. The second-order valence-corrected chi connectivity index (χ2v) is 5.99. The Hall–Kier alpha value is -2.30. The number of carbonyl (C=O) groups is 1. The lowest BCUT2D eigenvalue weighted by molar-refractivity contribution is 0.0713. The molecular weight excluding hydrogens is 276 g/mol. The van der Waals surface area contributed by atoms with E-state index >= 15 is 0 Å². The van der Waals surface area contributed by atoms with Crippen molar-refractivity contribution < 1.29 is 4.79 Å². The van der Waals surface area contributed by atoms with Gasteiger partial charge in [0.2, 0.25) is 0 Å². The lowest BCUT2D eigenvalue weighted by Gasteiger charge is -2.32. The molecule has 0 atom stereocenters. The van der Waals surface area contributed by atoms with E-state index in [2.05, 4.69) is 10.2 Å². The van der Waals surface area contributed by atoms with E-state index in [1.54, 1.807) is 6.20 Å². The summed E-state index contributed by atoms with van der Waals surface area (Å²) >= 11 is 0. The van der Waals surface area contributed by atoms with Crippen LogP contribution in [0.5, 0.6) is 0 Å². The predicted octanol–water partition coefficient (Wildman–Crippen LogP) is 2.50. The number of nitrogens with one attached hydrogen (secondary N) is 1. The van der Waals surface area contributed by atoms with Gasteiger partial charge in [-0.2, -0.15) is 5.10 Å². The van der Waals surface area contributed by atoms with Crippen molar-refractivity contribution in [3.05, 3.63) is 47.8 Å². The number of aromatic nitrogens is 2. The minimum Gasteiger partial charge on any atom is -0.377 e. The summed E-state index contributed by atoms with van der Waals surface area (Å²) in [6, 6.07) is 9.83. The van der Waals surface area contributed by atoms with E-state index in [0.717, 1.165) is 37.2 Å². The van der Waals surface area contributed by atoms with E-state index in [4.69, 9.17) is 0 Å². The number of anilines is 1. The van der Waals surface area contributed by atoms with Gasteiger partial charge in [-0.15, -0.1) is 0 Å². The second-order valence-electron chi connectivity index (χ2n) is 5.99. The maximum Gasteiger partial charge on any atom is 0.255 e. The van der Waals surface area contributed by atoms with E-state index in [-0.39, 0.29) is 5.91 Å². The zero-order valence-corrected chi connectivity index (χ0v) is 13.1. The summed E-state index contributed by atoms with van der Waals surface area (Å²) in [4.78, 5) is 16.8. The SMILES string of the molecule is CN(C)c1ccccc1C(=O)N1CCC(c2ccn[nH]2)CC1. The molecule has 0 aliphatic carbocycles. The molecular formula is C17H22N4O. The van der Waals surface area contributed by atoms with Crippen LogP contribution in [0, 0.1) is 0 Å². The van der Waals surface area contributed by atoms with Gasteiger partial charge in [-0.3, -0.25) is 9.89 Å². The third-order valence-electron chi connectivity index (χ3n) is 4.36. The molecule has 1 saturated heterocycles. The van der Waals surface area contributed by atoms with Crippen LogP contribution in [0.1, 0.15) is 34.8 Å². The van der Waals surface area contributed by atoms with Gasteiger partial charge in [0.05, 0.1) is 5.56 Å². The molecule has 0 bridgehead atoms. The number of carbonyl (C=O) groups excluding carboxylic acids is 1. The van der Waals surface area contributed by atoms with Gasteiger partial charge in [0.1, 0.15) is 0 Å². The van der Waals surface area contributed by atoms with Gasteiger partial charge >= 0.3 is 0 Å². The number of para-hydroxylation sites is 1. The Bertz CT molecular complexity index is 628. The largest absolute Gasteiger partial charge is 0.377 e. The lowest BCUT2D eigenvalue weighted by Crippen LogP contribution is -2.38. The Kier molecular flexibility index (Phi) is 4.13. The van der Waals surface area contributed by atoms with Crippen molar-refractivity contribution in [2.45, 2.75) is 18.8 Å². The number of piperidine rings is 1. The first-order chi connectivity index (χ1) is 10.7. The van der Waals surface area contributed by atoms with Gasteiger partial charge in [0.15, 0.2) is 0 Å². The van der Waals surface area contributed by atoms with Crippen LogP contribution < -0.4 is 4.90 Å². The highest BCUT2D eigenvalue weighted by molar-refractivity contribution is 5.99. The van der Waals surface area contributed by atoms with Crippen molar-refractivity contribution >= 4 is 11.6 Å². The molecule has 1 aromatic carbocycles. The maximum atomic E-state index is 12.8. The average Bonchev–Trinajstić information content (AvgIpc) is 3.09. The summed E-state index contributed by atoms with van der Waals surface area (Å²) < 4.78 is 0. The van der Waals surface area contributed by atoms with Crippen molar-refractivity contribution in [1.82, 2.24) is 15.1 Å². The summed E-state index contributed by atoms with van der Waals surface area (Å²) in [6.07, 6.45) is 3.76. The molecule has 1 N–H and O–H groups in total. The molecule has 1 fully saturated rings. The quantitative estimate of drug-likeness (QED) is 0.947. The number of rotatable bonds is 3. The molecule has 5 nitrogen and oxygen atoms in total. The second kappa shape index (κ2) is 6.22. The van der Waals surface area contributed by atoms with Gasteiger partial charge in [0.25, 0.3) is 5.91 Å². The zero-order chi connectivity index (χ0) is 15.5. The van der Waals surface area contributed by atoms with E-state index in [1.165, 1.54) is 5.69 Å². The Morgan fingerprint density at radius 2 is 1.95 bits per heavy atom. The van der Waals surface area contributed by atoms with Crippen LogP contribution in [0.15, 0.2) is 36.5 Å². The molecule has 116 valence electrons. The summed E-state index contributed by atoms with van der Waals surface area (Å²) in [6.45, 7) is 1.59. The van der Waals surface area contributed by atoms with E-state index in [0.29, 0.717) is 5.92 Å². The highest BCUT2D eigenvalue weighted by Gasteiger charge is 2.26. The van der Waals surface area contributed by atoms with E-state index < -0.39 is 0 Å². The zero-order valence-electron chi connectivity index (χ0n) is 13.1. The van der Waals surface area contributed by atoms with Crippen LogP contribution in [0.4, 0.5) is 5.69 Å². The first kappa shape index (κ1) is 14.6. The summed E-state index contributed by atoms with van der Waals surface area (Å²) in [7, 11) is 3.94. The van der Waals surface area contributed by atoms with Crippen LogP contribution in [-0.4, -0.2) is 48.2 Å². The molecule has 3 rings (SSSR count). The van der Waals surface area contributed by atoms with Gasteiger partial charge in [-0.1, -0.05) is 12.1 Å². The number of likely N-dealkylation sites (tertiary alicyclic amines) is 1. The molecule has 1 aliphatic rings. The number of aromatic amines is 1. The van der Waals surface area contributed by atoms with Gasteiger partial charge in [-0.25, -0.2) is 0 Å². The van der Waals surface area contributed by atoms with E-state index in [1.807, 2.05) is 54.2 Å². The molecule has 0 radical (unpaired) electrons. The van der Waals surface area contributed by atoms with Crippen LogP contribution in [0.25, 0.3) is 0 Å². The first-order valence-corrected chi connectivity index (χ1v) is 7.71. The van der Waals surface area contributed by atoms with Crippen LogP contribution >= 0.6 is 0 Å². The molecule has 2 heterocycles. The fraction of sp³-hybridized carbons (Fsp3) is 0.412. The molecule has 5 heteroatoms. The molecule has 1 amide bonds. The Labute approximate surface area is 130 Å². The highest BCUT2D eigenvalue weighted by atomic mass is 16.2. The molecule has 22 heavy (non-hydrogen) atoms. The van der Waals surface area contributed by atoms with Crippen molar-refractivity contribution in [3.63, 3.8) is 0 Å². The monoisotopic (exact) mass is 298 g/mol. The fourth-order valence-corrected chi connectivity index (χ4v) is 3.10. The topological polar surface area (TPSA) is 52.2 Å². The number of benzene rings is 1. The van der Waals surface area contributed by atoms with Crippen LogP contribution in [0.2, 0.25) is 0 Å². The third kappa shape index (κ3) is 2.84. The number of hydrogen-bond donors (Lipinski definition) is 1. The van der Waals surface area contributed by atoms with Crippen molar-refractivity contribution in [1.29, 1.82) is 0 Å². The predicted molar refractivity (Wildman–Crippen MR) is 87.2 cm³/mol. The van der Waals surface area contributed by atoms with E-state index in [9.17, 15) is 4.79 Å². The minimum atomic E-state index is 0.132. The van der Waals surface area contributed by atoms with Gasteiger partial charge in [-0.05, 0) is 31.0 Å². The third-order valence-corrected chi connectivity index (χ3v) is 4.36. The molecule has 2 aromatic rings. The average molecular weight is 298 g/mol. The smallest absolute Gasteiger partial charge is 0.255 e. The standard InChI is InChI=1S/C17H22N4O/c1-20(2)16-6-4-3-5-14(16)17(22)21-11-8-13(9-12-21)15-7-10-18-19-15/h3-7,10,13H,8-9,11-12H2,1-2H3,(H,18,19). The lowest BCUT2D eigenvalue weighted by atomic mass is 9.93.